The van der Waals surface area contributed by atoms with E-state index in [0.717, 1.165) is 35.9 Å². The van der Waals surface area contributed by atoms with Crippen molar-refractivity contribution in [2.45, 2.75) is 19.3 Å². The van der Waals surface area contributed by atoms with Gasteiger partial charge in [-0.25, -0.2) is 0 Å². The van der Waals surface area contributed by atoms with Gasteiger partial charge in [-0.05, 0) is 43.5 Å². The van der Waals surface area contributed by atoms with E-state index >= 15 is 0 Å². The topological polar surface area (TPSA) is 68.4 Å². The Balaban J connectivity index is 2.07. The average Bonchev–Trinajstić information content (AvgIpc) is 2.41. The van der Waals surface area contributed by atoms with Gasteiger partial charge in [0.25, 0.3) is 0 Å². The molecule has 4 nitrogen and oxygen atoms in total. The first-order valence-corrected chi connectivity index (χ1v) is 6.20. The first-order chi connectivity index (χ1) is 8.83. The molecule has 0 bridgehead atoms. The lowest BCUT2D eigenvalue weighted by atomic mass is 10.1. The highest BCUT2D eigenvalue weighted by molar-refractivity contribution is 5.94. The molecule has 18 heavy (non-hydrogen) atoms. The van der Waals surface area contributed by atoms with Crippen molar-refractivity contribution in [3.63, 3.8) is 0 Å². The number of aliphatic hydroxyl groups excluding tert-OH is 1. The molecule has 0 unspecified atom stereocenters. The number of nitrogens with zero attached hydrogens (tertiary/aromatic N) is 1. The summed E-state index contributed by atoms with van der Waals surface area (Å²) in [5.41, 5.74) is 7.42. The summed E-state index contributed by atoms with van der Waals surface area (Å²) in [7, 11) is 0. The van der Waals surface area contributed by atoms with E-state index in [0.29, 0.717) is 12.3 Å². The van der Waals surface area contributed by atoms with Gasteiger partial charge >= 0.3 is 0 Å². The van der Waals surface area contributed by atoms with Gasteiger partial charge in [-0.3, -0.25) is 4.98 Å². The number of benzene rings is 1. The third kappa shape index (κ3) is 2.90. The first kappa shape index (κ1) is 12.6. The van der Waals surface area contributed by atoms with Gasteiger partial charge in [0.05, 0.1) is 6.61 Å². The molecule has 0 spiro atoms. The number of hydrogen-bond donors (Lipinski definition) is 2. The van der Waals surface area contributed by atoms with Gasteiger partial charge in [0.2, 0.25) is 0 Å². The second-order valence-electron chi connectivity index (χ2n) is 4.19. The normalized spacial score (nSPS) is 10.7. The number of unbranched alkanes of at least 4 members (excludes halogenated alkanes) is 2. The Hall–Kier alpha value is -1.81. The molecule has 0 aliphatic rings. The smallest absolute Gasteiger partial charge is 0.145 e. The Morgan fingerprint density at radius 3 is 2.89 bits per heavy atom. The molecule has 0 radical (unpaired) electrons. The van der Waals surface area contributed by atoms with Crippen molar-refractivity contribution in [2.24, 2.45) is 0 Å². The molecule has 0 saturated heterocycles. The van der Waals surface area contributed by atoms with Gasteiger partial charge in [0.15, 0.2) is 0 Å². The number of anilines is 1. The van der Waals surface area contributed by atoms with Crippen LogP contribution in [0.5, 0.6) is 5.75 Å². The molecule has 2 rings (SSSR count). The molecule has 2 aromatic rings. The highest BCUT2D eigenvalue weighted by Gasteiger charge is 2.05. The maximum atomic E-state index is 8.69. The molecular formula is C14H18N2O2. The Labute approximate surface area is 106 Å². The summed E-state index contributed by atoms with van der Waals surface area (Å²) in [4.78, 5) is 4.31. The lowest BCUT2D eigenvalue weighted by molar-refractivity contribution is 0.267. The zero-order valence-electron chi connectivity index (χ0n) is 10.3. The number of hydrogen-bond acceptors (Lipinski definition) is 4. The molecule has 1 heterocycles. The van der Waals surface area contributed by atoms with Gasteiger partial charge in [-0.1, -0.05) is 0 Å². The van der Waals surface area contributed by atoms with E-state index in [9.17, 15) is 0 Å². The number of nitrogens with two attached hydrogens (primary N) is 1. The van der Waals surface area contributed by atoms with E-state index in [2.05, 4.69) is 4.98 Å². The van der Waals surface area contributed by atoms with Crippen molar-refractivity contribution in [1.29, 1.82) is 0 Å². The van der Waals surface area contributed by atoms with Crippen LogP contribution in [0.2, 0.25) is 0 Å². The number of pyridine rings is 1. The fraction of sp³-hybridized carbons (Fsp3) is 0.357. The minimum absolute atomic E-state index is 0.242. The second-order valence-corrected chi connectivity index (χ2v) is 4.19. The van der Waals surface area contributed by atoms with E-state index in [4.69, 9.17) is 15.6 Å². The summed E-state index contributed by atoms with van der Waals surface area (Å²) < 4.78 is 5.72. The summed E-state index contributed by atoms with van der Waals surface area (Å²) >= 11 is 0. The van der Waals surface area contributed by atoms with Crippen LogP contribution in [0.25, 0.3) is 10.9 Å². The van der Waals surface area contributed by atoms with Gasteiger partial charge in [-0.2, -0.15) is 0 Å². The molecule has 0 saturated carbocycles. The standard InChI is InChI=1S/C14H18N2O2/c15-12-6-7-13(18-10-3-1-2-9-17)14-11(12)5-4-8-16-14/h4-8,17H,1-3,9-10,15H2. The van der Waals surface area contributed by atoms with Crippen LogP contribution in [0.4, 0.5) is 5.69 Å². The molecule has 1 aromatic carbocycles. The number of fused-ring (bicyclic) bond motifs is 1. The Morgan fingerprint density at radius 1 is 1.17 bits per heavy atom. The number of ether oxygens (including phenoxy) is 1. The number of nitrogen functional groups attached to an aromatic ring is 1. The average molecular weight is 246 g/mol. The van der Waals surface area contributed by atoms with E-state index < -0.39 is 0 Å². The van der Waals surface area contributed by atoms with Crippen molar-refractivity contribution in [2.75, 3.05) is 18.9 Å². The summed E-state index contributed by atoms with van der Waals surface area (Å²) in [6.45, 7) is 0.877. The first-order valence-electron chi connectivity index (χ1n) is 6.20. The van der Waals surface area contributed by atoms with Crippen LogP contribution in [0.1, 0.15) is 19.3 Å². The number of aromatic nitrogens is 1. The van der Waals surface area contributed by atoms with Gasteiger partial charge in [0.1, 0.15) is 11.3 Å². The lowest BCUT2D eigenvalue weighted by Gasteiger charge is -2.09. The molecule has 1 aromatic heterocycles. The molecule has 0 aliphatic carbocycles. The molecule has 0 fully saturated rings. The minimum Gasteiger partial charge on any atom is -0.491 e. The predicted molar refractivity (Wildman–Crippen MR) is 72.6 cm³/mol. The molecule has 0 atom stereocenters. The zero-order valence-corrected chi connectivity index (χ0v) is 10.3. The van der Waals surface area contributed by atoms with Gasteiger partial charge < -0.3 is 15.6 Å². The fourth-order valence-corrected chi connectivity index (χ4v) is 1.86. The fourth-order valence-electron chi connectivity index (χ4n) is 1.86. The van der Waals surface area contributed by atoms with Crippen LogP contribution >= 0.6 is 0 Å². The van der Waals surface area contributed by atoms with Crippen LogP contribution < -0.4 is 10.5 Å². The maximum Gasteiger partial charge on any atom is 0.145 e. The lowest BCUT2D eigenvalue weighted by Crippen LogP contribution is -2.00. The molecule has 0 amide bonds. The molecule has 4 heteroatoms. The van der Waals surface area contributed by atoms with Gasteiger partial charge in [-0.15, -0.1) is 0 Å². The minimum atomic E-state index is 0.242. The quantitative estimate of drug-likeness (QED) is 0.606. The van der Waals surface area contributed by atoms with E-state index in [1.54, 1.807) is 6.20 Å². The highest BCUT2D eigenvalue weighted by atomic mass is 16.5. The van der Waals surface area contributed by atoms with Crippen molar-refractivity contribution < 1.29 is 9.84 Å². The van der Waals surface area contributed by atoms with Crippen molar-refractivity contribution in [3.8, 4) is 5.75 Å². The summed E-state index contributed by atoms with van der Waals surface area (Å²) in [5.74, 6) is 0.767. The van der Waals surface area contributed by atoms with Crippen molar-refractivity contribution in [1.82, 2.24) is 4.98 Å². The van der Waals surface area contributed by atoms with Crippen LogP contribution in [-0.4, -0.2) is 23.3 Å². The Bertz CT molecular complexity index is 514. The summed E-state index contributed by atoms with van der Waals surface area (Å²) in [6.07, 6.45) is 4.46. The van der Waals surface area contributed by atoms with Gasteiger partial charge in [0, 0.05) is 23.9 Å². The Kier molecular flexibility index (Phi) is 4.36. The summed E-state index contributed by atoms with van der Waals surface area (Å²) in [5, 5.41) is 9.61. The van der Waals surface area contributed by atoms with Crippen LogP contribution in [-0.2, 0) is 0 Å². The molecule has 3 N–H and O–H groups in total. The monoisotopic (exact) mass is 246 g/mol. The summed E-state index contributed by atoms with van der Waals surface area (Å²) in [6, 6.07) is 7.50. The number of rotatable bonds is 6. The third-order valence-electron chi connectivity index (χ3n) is 2.83. The third-order valence-corrected chi connectivity index (χ3v) is 2.83. The predicted octanol–water partition coefficient (Wildman–Crippen LogP) is 2.36. The maximum absolute atomic E-state index is 8.69. The number of aliphatic hydroxyl groups is 1. The zero-order chi connectivity index (χ0) is 12.8. The van der Waals surface area contributed by atoms with E-state index in [1.807, 2.05) is 24.3 Å². The molecular weight excluding hydrogens is 228 g/mol. The van der Waals surface area contributed by atoms with E-state index in [1.165, 1.54) is 0 Å². The van der Waals surface area contributed by atoms with E-state index in [-0.39, 0.29) is 6.61 Å². The SMILES string of the molecule is Nc1ccc(OCCCCCO)c2ncccc12. The van der Waals surface area contributed by atoms with Crippen LogP contribution in [0, 0.1) is 0 Å². The highest BCUT2D eigenvalue weighted by Crippen LogP contribution is 2.28. The molecule has 96 valence electrons. The van der Waals surface area contributed by atoms with Crippen molar-refractivity contribution >= 4 is 16.6 Å². The van der Waals surface area contributed by atoms with Crippen molar-refractivity contribution in [3.05, 3.63) is 30.5 Å². The van der Waals surface area contributed by atoms with Crippen LogP contribution in [0.15, 0.2) is 30.5 Å². The van der Waals surface area contributed by atoms with Crippen LogP contribution in [0.3, 0.4) is 0 Å². The molecule has 0 aliphatic heterocycles. The Morgan fingerprint density at radius 2 is 2.06 bits per heavy atom. The largest absolute Gasteiger partial charge is 0.491 e. The second kappa shape index (κ2) is 6.21.